The van der Waals surface area contributed by atoms with Gasteiger partial charge in [-0.3, -0.25) is 19.7 Å². The number of hydrogen-bond acceptors (Lipinski definition) is 6. The number of piperidine rings is 1. The Kier molecular flexibility index (Phi) is 5.66. The molecule has 6 rings (SSSR count). The Hall–Kier alpha value is -3.82. The fraction of sp³-hybridized carbons (Fsp3) is 0.333. The van der Waals surface area contributed by atoms with Gasteiger partial charge in [0.25, 0.3) is 5.91 Å². The van der Waals surface area contributed by atoms with Crippen LogP contribution >= 0.6 is 0 Å². The van der Waals surface area contributed by atoms with Gasteiger partial charge in [0.05, 0.1) is 24.6 Å². The van der Waals surface area contributed by atoms with Crippen LogP contribution in [0.25, 0.3) is 22.5 Å². The molecule has 9 heteroatoms. The number of nitrogens with zero attached hydrogens (tertiary/aromatic N) is 3. The number of carbonyl (C=O) groups is 3. The Morgan fingerprint density at radius 3 is 2.53 bits per heavy atom. The summed E-state index contributed by atoms with van der Waals surface area (Å²) in [6.07, 6.45) is 0.867. The monoisotopic (exact) mass is 486 g/mol. The van der Waals surface area contributed by atoms with E-state index in [9.17, 15) is 14.4 Å². The van der Waals surface area contributed by atoms with Crippen LogP contribution in [0.4, 0.5) is 0 Å². The van der Waals surface area contributed by atoms with Gasteiger partial charge in [0.1, 0.15) is 6.04 Å². The van der Waals surface area contributed by atoms with Gasteiger partial charge in [-0.1, -0.05) is 36.4 Å². The van der Waals surface area contributed by atoms with Gasteiger partial charge in [-0.25, -0.2) is 4.98 Å². The number of aromatic nitrogens is 2. The van der Waals surface area contributed by atoms with Crippen LogP contribution in [-0.4, -0.2) is 51.4 Å². The number of hydrogen-bond donors (Lipinski definition) is 1. The summed E-state index contributed by atoms with van der Waals surface area (Å²) in [7, 11) is 1.96. The predicted octanol–water partition coefficient (Wildman–Crippen LogP) is 2.95. The Morgan fingerprint density at radius 2 is 1.78 bits per heavy atom. The summed E-state index contributed by atoms with van der Waals surface area (Å²) in [5.41, 5.74) is 4.97. The molecule has 3 aromatic rings. The number of benzene rings is 2. The fourth-order valence-electron chi connectivity index (χ4n) is 5.21. The Labute approximate surface area is 208 Å². The molecule has 3 amide bonds. The molecular weight excluding hydrogens is 460 g/mol. The number of amides is 3. The summed E-state index contributed by atoms with van der Waals surface area (Å²) >= 11 is 0. The molecule has 0 spiro atoms. The van der Waals surface area contributed by atoms with E-state index in [0.29, 0.717) is 37.6 Å². The van der Waals surface area contributed by atoms with Crippen molar-refractivity contribution in [1.82, 2.24) is 19.8 Å². The molecule has 1 N–H and O–H groups in total. The molecule has 184 valence electrons. The normalized spacial score (nSPS) is 20.5. The van der Waals surface area contributed by atoms with Crippen molar-refractivity contribution < 1.29 is 23.9 Å². The maximum atomic E-state index is 13.1. The molecule has 4 heterocycles. The smallest absolute Gasteiger partial charge is 0.255 e. The first-order valence-electron chi connectivity index (χ1n) is 12.1. The molecule has 0 radical (unpaired) electrons. The summed E-state index contributed by atoms with van der Waals surface area (Å²) in [4.78, 5) is 43.6. The average molecular weight is 487 g/mol. The minimum absolute atomic E-state index is 0.194. The number of imidazole rings is 1. The van der Waals surface area contributed by atoms with Crippen LogP contribution < -0.4 is 5.32 Å². The van der Waals surface area contributed by atoms with Crippen molar-refractivity contribution >= 4 is 17.7 Å². The molecule has 0 aliphatic carbocycles. The van der Waals surface area contributed by atoms with Gasteiger partial charge in [-0.05, 0) is 30.5 Å². The standard InChI is InChI=1S/C27H26N4O5/c1-30-23(16-6-3-2-4-7-16)22(29-24(30)27-35-12-5-13-36-27)17-8-9-19-18(14-17)15-31(26(19)34)20-10-11-21(32)28-25(20)33/h2-4,6-9,14,20,27H,5,10-13,15H2,1H3,(H,28,32,33). The summed E-state index contributed by atoms with van der Waals surface area (Å²) in [6, 6.07) is 15.0. The topological polar surface area (TPSA) is 103 Å². The second-order valence-corrected chi connectivity index (χ2v) is 9.29. The molecule has 3 aliphatic rings. The average Bonchev–Trinajstić information content (AvgIpc) is 3.41. The zero-order chi connectivity index (χ0) is 24.8. The first kappa shape index (κ1) is 22.6. The van der Waals surface area contributed by atoms with E-state index in [1.807, 2.05) is 54.1 Å². The second-order valence-electron chi connectivity index (χ2n) is 9.29. The molecule has 2 fully saturated rings. The zero-order valence-electron chi connectivity index (χ0n) is 19.9. The number of rotatable bonds is 4. The van der Waals surface area contributed by atoms with E-state index in [1.165, 1.54) is 0 Å². The number of nitrogens with one attached hydrogen (secondary N) is 1. The van der Waals surface area contributed by atoms with E-state index in [4.69, 9.17) is 14.5 Å². The number of imide groups is 1. The Bertz CT molecular complexity index is 1360. The minimum Gasteiger partial charge on any atom is -0.346 e. The van der Waals surface area contributed by atoms with Crippen molar-refractivity contribution in [3.63, 3.8) is 0 Å². The van der Waals surface area contributed by atoms with Crippen LogP contribution in [0.15, 0.2) is 48.5 Å². The number of carbonyl (C=O) groups excluding carboxylic acids is 3. The summed E-state index contributed by atoms with van der Waals surface area (Å²) in [6.45, 7) is 1.54. The lowest BCUT2D eigenvalue weighted by molar-refractivity contribution is -0.188. The lowest BCUT2D eigenvalue weighted by Gasteiger charge is -2.29. The number of fused-ring (bicyclic) bond motifs is 1. The van der Waals surface area contributed by atoms with Crippen molar-refractivity contribution in [3.8, 4) is 22.5 Å². The highest BCUT2D eigenvalue weighted by atomic mass is 16.7. The third kappa shape index (κ3) is 3.81. The summed E-state index contributed by atoms with van der Waals surface area (Å²) in [5.74, 6) is -0.223. The van der Waals surface area contributed by atoms with Crippen LogP contribution in [0.1, 0.15) is 47.3 Å². The van der Waals surface area contributed by atoms with Gasteiger partial charge in [0, 0.05) is 36.7 Å². The van der Waals surface area contributed by atoms with Crippen LogP contribution in [-0.2, 0) is 32.7 Å². The Balaban J connectivity index is 1.39. The van der Waals surface area contributed by atoms with E-state index < -0.39 is 18.2 Å². The maximum absolute atomic E-state index is 13.1. The lowest BCUT2D eigenvalue weighted by Crippen LogP contribution is -2.52. The molecular formula is C27H26N4O5. The first-order valence-corrected chi connectivity index (χ1v) is 12.1. The molecule has 3 aliphatic heterocycles. The molecule has 0 bridgehead atoms. The third-order valence-corrected chi connectivity index (χ3v) is 7.01. The van der Waals surface area contributed by atoms with E-state index in [-0.39, 0.29) is 18.2 Å². The second kappa shape index (κ2) is 9.00. The van der Waals surface area contributed by atoms with Crippen molar-refractivity contribution in [2.75, 3.05) is 13.2 Å². The summed E-state index contributed by atoms with van der Waals surface area (Å²) < 4.78 is 13.7. The minimum atomic E-state index is -0.645. The van der Waals surface area contributed by atoms with E-state index >= 15 is 0 Å². The molecule has 1 unspecified atom stereocenters. The first-order chi connectivity index (χ1) is 17.5. The highest BCUT2D eigenvalue weighted by molar-refractivity contribution is 6.05. The largest absolute Gasteiger partial charge is 0.346 e. The molecule has 0 saturated carbocycles. The fourth-order valence-corrected chi connectivity index (χ4v) is 5.21. The third-order valence-electron chi connectivity index (χ3n) is 7.01. The molecule has 9 nitrogen and oxygen atoms in total. The maximum Gasteiger partial charge on any atom is 0.255 e. The zero-order valence-corrected chi connectivity index (χ0v) is 19.9. The molecule has 1 aromatic heterocycles. The van der Waals surface area contributed by atoms with Gasteiger partial charge >= 0.3 is 0 Å². The molecule has 2 saturated heterocycles. The molecule has 2 aromatic carbocycles. The van der Waals surface area contributed by atoms with E-state index in [1.54, 1.807) is 11.0 Å². The van der Waals surface area contributed by atoms with Crippen molar-refractivity contribution in [2.24, 2.45) is 7.05 Å². The van der Waals surface area contributed by atoms with Gasteiger partial charge < -0.3 is 18.9 Å². The molecule has 1 atom stereocenters. The lowest BCUT2D eigenvalue weighted by atomic mass is 10.0. The van der Waals surface area contributed by atoms with Crippen LogP contribution in [0, 0.1) is 0 Å². The van der Waals surface area contributed by atoms with Crippen LogP contribution in [0.2, 0.25) is 0 Å². The SMILES string of the molecule is Cn1c(C2OCCCO2)nc(-c2ccc3c(c2)CN(C2CCC(=O)NC2=O)C3=O)c1-c1ccccc1. The van der Waals surface area contributed by atoms with Gasteiger partial charge in [-0.2, -0.15) is 0 Å². The van der Waals surface area contributed by atoms with Crippen molar-refractivity contribution in [2.45, 2.75) is 38.1 Å². The highest BCUT2D eigenvalue weighted by Gasteiger charge is 2.39. The molecule has 36 heavy (non-hydrogen) atoms. The van der Waals surface area contributed by atoms with Gasteiger partial charge in [-0.15, -0.1) is 0 Å². The Morgan fingerprint density at radius 1 is 1.00 bits per heavy atom. The van der Waals surface area contributed by atoms with Crippen molar-refractivity contribution in [3.05, 3.63) is 65.5 Å². The van der Waals surface area contributed by atoms with E-state index in [2.05, 4.69) is 5.32 Å². The quantitative estimate of drug-likeness (QED) is 0.569. The predicted molar refractivity (Wildman–Crippen MR) is 129 cm³/mol. The van der Waals surface area contributed by atoms with Crippen LogP contribution in [0.5, 0.6) is 0 Å². The summed E-state index contributed by atoms with van der Waals surface area (Å²) in [5, 5.41) is 2.35. The highest BCUT2D eigenvalue weighted by Crippen LogP contribution is 2.37. The van der Waals surface area contributed by atoms with Gasteiger partial charge in [0.15, 0.2) is 5.82 Å². The van der Waals surface area contributed by atoms with Crippen LogP contribution in [0.3, 0.4) is 0 Å². The van der Waals surface area contributed by atoms with E-state index in [0.717, 1.165) is 34.5 Å². The number of ether oxygens (including phenoxy) is 2. The van der Waals surface area contributed by atoms with Crippen molar-refractivity contribution in [1.29, 1.82) is 0 Å². The van der Waals surface area contributed by atoms with Gasteiger partial charge in [0.2, 0.25) is 18.1 Å².